The normalized spacial score (nSPS) is 14.7. The number of fused-ring (bicyclic) bond motifs is 7. The van der Waals surface area contributed by atoms with Crippen molar-refractivity contribution in [3.8, 4) is 33.6 Å². The highest BCUT2D eigenvalue weighted by molar-refractivity contribution is 5.90. The van der Waals surface area contributed by atoms with Gasteiger partial charge in [0.2, 0.25) is 0 Å². The molecule has 3 heteroatoms. The van der Waals surface area contributed by atoms with E-state index in [9.17, 15) is 0 Å². The third kappa shape index (κ3) is 4.12. The number of hydrogen-bond acceptors (Lipinski definition) is 3. The maximum atomic E-state index is 5.50. The molecular weight excluding hydrogens is 571 g/mol. The van der Waals surface area contributed by atoms with Gasteiger partial charge >= 0.3 is 0 Å². The van der Waals surface area contributed by atoms with Crippen molar-refractivity contribution in [1.29, 1.82) is 0 Å². The van der Waals surface area contributed by atoms with Crippen molar-refractivity contribution in [3.05, 3.63) is 162 Å². The first-order valence-electron chi connectivity index (χ1n) is 16.4. The molecule has 0 spiro atoms. The summed E-state index contributed by atoms with van der Waals surface area (Å²) in [5.41, 5.74) is 14.3. The Morgan fingerprint density at radius 3 is 1.53 bits per heavy atom. The minimum absolute atomic E-state index is 0.274. The second-order valence-electron chi connectivity index (χ2n) is 13.9. The van der Waals surface area contributed by atoms with E-state index < -0.39 is 0 Å². The molecule has 2 aliphatic rings. The largest absolute Gasteiger partial charge is 0.310 e. The Labute approximate surface area is 276 Å². The molecule has 7 aromatic rings. The summed E-state index contributed by atoms with van der Waals surface area (Å²) in [7, 11) is 0. The number of rotatable bonds is 4. The fourth-order valence-electron chi connectivity index (χ4n) is 7.75. The van der Waals surface area contributed by atoms with Gasteiger partial charge in [-0.15, -0.1) is 0 Å². The van der Waals surface area contributed by atoms with Gasteiger partial charge in [-0.1, -0.05) is 119 Å². The molecular formula is C44H35N3. The summed E-state index contributed by atoms with van der Waals surface area (Å²) >= 11 is 0. The maximum Gasteiger partial charge on any atom is 0.0933 e. The number of nitrogens with zero attached hydrogens (tertiary/aromatic N) is 3. The van der Waals surface area contributed by atoms with Crippen molar-refractivity contribution >= 4 is 27.8 Å². The lowest BCUT2D eigenvalue weighted by atomic mass is 9.83. The summed E-state index contributed by atoms with van der Waals surface area (Å²) in [6, 6.07) is 50.2. The minimum atomic E-state index is -0.306. The smallest absolute Gasteiger partial charge is 0.0933 e. The van der Waals surface area contributed by atoms with Crippen molar-refractivity contribution in [2.24, 2.45) is 0 Å². The fourth-order valence-corrected chi connectivity index (χ4v) is 7.75. The van der Waals surface area contributed by atoms with Crippen LogP contribution in [0.25, 0.3) is 44.4 Å². The Hall–Kier alpha value is -5.54. The average Bonchev–Trinajstić information content (AvgIpc) is 3.46. The molecule has 0 saturated carbocycles. The first-order chi connectivity index (χ1) is 22.8. The molecule has 3 nitrogen and oxygen atoms in total. The first-order valence-corrected chi connectivity index (χ1v) is 16.4. The zero-order valence-corrected chi connectivity index (χ0v) is 27.1. The van der Waals surface area contributed by atoms with Crippen molar-refractivity contribution in [2.75, 3.05) is 4.90 Å². The fraction of sp³-hybridized carbons (Fsp3) is 0.136. The van der Waals surface area contributed by atoms with Gasteiger partial charge in [0, 0.05) is 39.0 Å². The second-order valence-corrected chi connectivity index (χ2v) is 13.9. The van der Waals surface area contributed by atoms with E-state index >= 15 is 0 Å². The van der Waals surface area contributed by atoms with Crippen molar-refractivity contribution in [2.45, 2.75) is 38.5 Å². The van der Waals surface area contributed by atoms with Crippen LogP contribution in [0.2, 0.25) is 0 Å². The Balaban J connectivity index is 1.15. The van der Waals surface area contributed by atoms with Crippen LogP contribution in [0.3, 0.4) is 0 Å². The van der Waals surface area contributed by atoms with Gasteiger partial charge in [-0.25, -0.2) is 9.97 Å². The molecule has 0 N–H and O–H groups in total. The summed E-state index contributed by atoms with van der Waals surface area (Å²) in [6.45, 7) is 9.18. The number of para-hydroxylation sites is 2. The van der Waals surface area contributed by atoms with E-state index in [2.05, 4.69) is 172 Å². The second kappa shape index (κ2) is 9.98. The van der Waals surface area contributed by atoms with Crippen LogP contribution in [0, 0.1) is 0 Å². The SMILES string of the molecule is CC1(C)c2cc(-c3ccc4ccccc4c3)ccc2-c2nc3c(nc21)-c1ccc(N(c2ccccc2)c2ccccc2)cc1C3(C)C. The van der Waals surface area contributed by atoms with Crippen LogP contribution in [0.5, 0.6) is 0 Å². The van der Waals surface area contributed by atoms with Crippen molar-refractivity contribution in [3.63, 3.8) is 0 Å². The molecule has 1 aromatic heterocycles. The van der Waals surface area contributed by atoms with Gasteiger partial charge in [-0.2, -0.15) is 0 Å². The predicted octanol–water partition coefficient (Wildman–Crippen LogP) is 11.4. The van der Waals surface area contributed by atoms with Gasteiger partial charge in [0.15, 0.2) is 0 Å². The molecule has 0 fully saturated rings. The zero-order valence-electron chi connectivity index (χ0n) is 27.1. The predicted molar refractivity (Wildman–Crippen MR) is 195 cm³/mol. The van der Waals surface area contributed by atoms with Gasteiger partial charge < -0.3 is 4.90 Å². The van der Waals surface area contributed by atoms with Crippen molar-refractivity contribution in [1.82, 2.24) is 9.97 Å². The van der Waals surface area contributed by atoms with Crippen LogP contribution in [0.15, 0.2) is 140 Å². The molecule has 2 aliphatic carbocycles. The Kier molecular flexibility index (Phi) is 5.89. The van der Waals surface area contributed by atoms with Gasteiger partial charge in [-0.05, 0) is 81.6 Å². The summed E-state index contributed by atoms with van der Waals surface area (Å²) in [5.74, 6) is 0. The van der Waals surface area contributed by atoms with Crippen LogP contribution < -0.4 is 4.90 Å². The molecule has 0 bridgehead atoms. The van der Waals surface area contributed by atoms with Crippen LogP contribution in [0.4, 0.5) is 17.1 Å². The molecule has 0 atom stereocenters. The number of aromatic nitrogens is 2. The van der Waals surface area contributed by atoms with Gasteiger partial charge in [0.25, 0.3) is 0 Å². The summed E-state index contributed by atoms with van der Waals surface area (Å²) in [4.78, 5) is 13.3. The lowest BCUT2D eigenvalue weighted by Crippen LogP contribution is -2.20. The Bertz CT molecular complexity index is 2310. The lowest BCUT2D eigenvalue weighted by molar-refractivity contribution is 0.617. The highest BCUT2D eigenvalue weighted by Crippen LogP contribution is 2.54. The molecule has 6 aromatic carbocycles. The van der Waals surface area contributed by atoms with Gasteiger partial charge in [0.05, 0.1) is 22.8 Å². The van der Waals surface area contributed by atoms with E-state index in [1.807, 2.05) is 0 Å². The third-order valence-electron chi connectivity index (χ3n) is 10.3. The van der Waals surface area contributed by atoms with Crippen LogP contribution in [-0.2, 0) is 10.8 Å². The minimum Gasteiger partial charge on any atom is -0.310 e. The molecule has 226 valence electrons. The van der Waals surface area contributed by atoms with Crippen LogP contribution in [0.1, 0.15) is 50.2 Å². The Morgan fingerprint density at radius 2 is 0.915 bits per heavy atom. The zero-order chi connectivity index (χ0) is 31.9. The molecule has 1 heterocycles. The molecule has 47 heavy (non-hydrogen) atoms. The number of benzene rings is 6. The van der Waals surface area contributed by atoms with E-state index in [0.717, 1.165) is 39.8 Å². The standard InChI is InChI=1S/C44H35N3/c1-43(2)37-26-31(30-20-19-28-13-11-12-14-29(28)25-30)21-23-35(37)39-41(43)46-40-36-24-22-34(27-38(36)44(3,4)42(40)45-39)47(32-15-7-5-8-16-32)33-17-9-6-10-18-33/h5-27H,1-4H3. The van der Waals surface area contributed by atoms with Crippen molar-refractivity contribution < 1.29 is 0 Å². The summed E-state index contributed by atoms with van der Waals surface area (Å²) in [6.07, 6.45) is 0. The van der Waals surface area contributed by atoms with Crippen LogP contribution >= 0.6 is 0 Å². The first kappa shape index (κ1) is 27.7. The lowest BCUT2D eigenvalue weighted by Gasteiger charge is -2.27. The van der Waals surface area contributed by atoms with E-state index in [1.54, 1.807) is 0 Å². The maximum absolute atomic E-state index is 5.50. The highest BCUT2D eigenvalue weighted by atomic mass is 15.1. The van der Waals surface area contributed by atoms with Gasteiger partial charge in [0.1, 0.15) is 0 Å². The quantitative estimate of drug-likeness (QED) is 0.200. The molecule has 0 aliphatic heterocycles. The van der Waals surface area contributed by atoms with E-state index in [0.29, 0.717) is 0 Å². The highest BCUT2D eigenvalue weighted by Gasteiger charge is 2.44. The molecule has 0 saturated heterocycles. The monoisotopic (exact) mass is 605 g/mol. The van der Waals surface area contributed by atoms with E-state index in [-0.39, 0.29) is 10.8 Å². The molecule has 9 rings (SSSR count). The third-order valence-corrected chi connectivity index (χ3v) is 10.3. The average molecular weight is 606 g/mol. The number of anilines is 3. The van der Waals surface area contributed by atoms with E-state index in [1.165, 1.54) is 44.2 Å². The van der Waals surface area contributed by atoms with Gasteiger partial charge in [-0.3, -0.25) is 0 Å². The summed E-state index contributed by atoms with van der Waals surface area (Å²) in [5, 5.41) is 2.52. The molecule has 0 unspecified atom stereocenters. The van der Waals surface area contributed by atoms with E-state index in [4.69, 9.17) is 9.97 Å². The summed E-state index contributed by atoms with van der Waals surface area (Å²) < 4.78 is 0. The molecule has 0 radical (unpaired) electrons. The topological polar surface area (TPSA) is 29.0 Å². The van der Waals surface area contributed by atoms with Crippen LogP contribution in [-0.4, -0.2) is 9.97 Å². The molecule has 0 amide bonds. The number of hydrogen-bond donors (Lipinski definition) is 0. The Morgan fingerprint density at radius 1 is 0.426 bits per heavy atom.